The molecule has 0 radical (unpaired) electrons. The van der Waals surface area contributed by atoms with Gasteiger partial charge in [-0.05, 0) is 18.2 Å². The highest BCUT2D eigenvalue weighted by molar-refractivity contribution is 5.39. The van der Waals surface area contributed by atoms with Crippen LogP contribution in [-0.4, -0.2) is 47.4 Å². The molecule has 0 aromatic heterocycles. The summed E-state index contributed by atoms with van der Waals surface area (Å²) in [7, 11) is 5.70. The first-order valence-electron chi connectivity index (χ1n) is 6.58. The number of likely N-dealkylation sites (N-methyl/N-ethyl adjacent to an activating group) is 1. The first-order valence-corrected chi connectivity index (χ1v) is 6.58. The normalized spacial score (nSPS) is 23.7. The van der Waals surface area contributed by atoms with Crippen LogP contribution in [0.25, 0.3) is 0 Å². The molecule has 18 heavy (non-hydrogen) atoms. The molecule has 1 aromatic rings. The third-order valence-corrected chi connectivity index (χ3v) is 3.74. The number of hydrogen-bond acceptors (Lipinski definition) is 2. The van der Waals surface area contributed by atoms with Gasteiger partial charge in [-0.3, -0.25) is 0 Å². The van der Waals surface area contributed by atoms with Crippen LogP contribution in [-0.2, 0) is 6.54 Å². The van der Waals surface area contributed by atoms with Crippen molar-refractivity contribution < 1.29 is 19.3 Å². The minimum atomic E-state index is 0.907. The zero-order valence-electron chi connectivity index (χ0n) is 11.6. The number of piperazine rings is 1. The van der Waals surface area contributed by atoms with Crippen LogP contribution >= 0.6 is 0 Å². The molecule has 0 amide bonds. The molecule has 2 N–H and O–H groups in total. The zero-order chi connectivity index (χ0) is 13.0. The predicted molar refractivity (Wildman–Crippen MR) is 70.6 cm³/mol. The maximum Gasteiger partial charge on any atom is 0.127 e. The van der Waals surface area contributed by atoms with Crippen molar-refractivity contribution in [3.63, 3.8) is 0 Å². The van der Waals surface area contributed by atoms with E-state index in [-0.39, 0.29) is 0 Å². The van der Waals surface area contributed by atoms with Crippen molar-refractivity contribution in [3.8, 4) is 11.5 Å². The molecular formula is C14H24N2O2+2. The van der Waals surface area contributed by atoms with E-state index in [1.165, 1.54) is 31.7 Å². The van der Waals surface area contributed by atoms with Gasteiger partial charge in [-0.1, -0.05) is 0 Å². The van der Waals surface area contributed by atoms with Gasteiger partial charge < -0.3 is 19.3 Å². The average molecular weight is 252 g/mol. The van der Waals surface area contributed by atoms with Crippen LogP contribution < -0.4 is 19.3 Å². The summed E-state index contributed by atoms with van der Waals surface area (Å²) >= 11 is 0. The summed E-state index contributed by atoms with van der Waals surface area (Å²) in [6.45, 7) is 5.98. The van der Waals surface area contributed by atoms with Crippen LogP contribution in [0.1, 0.15) is 5.56 Å². The molecule has 1 aliphatic heterocycles. The molecule has 1 heterocycles. The molecule has 1 saturated heterocycles. The molecule has 1 aliphatic rings. The van der Waals surface area contributed by atoms with Crippen molar-refractivity contribution in [2.75, 3.05) is 47.4 Å². The molecule has 1 aromatic carbocycles. The number of ether oxygens (including phenoxy) is 2. The fraction of sp³-hybridized carbons (Fsp3) is 0.571. The van der Waals surface area contributed by atoms with Gasteiger partial charge in [0.2, 0.25) is 0 Å². The Labute approximate surface area is 109 Å². The Kier molecular flexibility index (Phi) is 4.44. The molecule has 0 unspecified atom stereocenters. The topological polar surface area (TPSA) is 27.3 Å². The second kappa shape index (κ2) is 6.07. The molecule has 2 rings (SSSR count). The van der Waals surface area contributed by atoms with Crippen LogP contribution in [0.2, 0.25) is 0 Å². The van der Waals surface area contributed by atoms with Crippen LogP contribution in [0.3, 0.4) is 0 Å². The number of hydrogen-bond donors (Lipinski definition) is 2. The van der Waals surface area contributed by atoms with E-state index in [2.05, 4.69) is 13.1 Å². The molecule has 4 nitrogen and oxygen atoms in total. The van der Waals surface area contributed by atoms with Gasteiger partial charge in [0.25, 0.3) is 0 Å². The summed E-state index contributed by atoms with van der Waals surface area (Å²) in [6.07, 6.45) is 0. The minimum absolute atomic E-state index is 0.907. The third kappa shape index (κ3) is 3.15. The number of nitrogens with one attached hydrogen (secondary N) is 2. The number of benzene rings is 1. The number of rotatable bonds is 4. The van der Waals surface area contributed by atoms with Crippen molar-refractivity contribution in [1.29, 1.82) is 0 Å². The predicted octanol–water partition coefficient (Wildman–Crippen LogP) is -1.38. The maximum atomic E-state index is 5.43. The second-order valence-electron chi connectivity index (χ2n) is 5.06. The number of quaternary nitrogens is 2. The van der Waals surface area contributed by atoms with Gasteiger partial charge in [-0.15, -0.1) is 0 Å². The largest absolute Gasteiger partial charge is 0.497 e. The van der Waals surface area contributed by atoms with Gasteiger partial charge in [0, 0.05) is 0 Å². The van der Waals surface area contributed by atoms with Crippen LogP contribution in [0.5, 0.6) is 11.5 Å². The van der Waals surface area contributed by atoms with E-state index in [1.54, 1.807) is 24.0 Å². The molecule has 0 bridgehead atoms. The molecule has 1 fully saturated rings. The molecule has 0 aliphatic carbocycles. The summed E-state index contributed by atoms with van der Waals surface area (Å²) < 4.78 is 10.7. The first-order chi connectivity index (χ1) is 8.72. The Hall–Kier alpha value is -1.26. The van der Waals surface area contributed by atoms with Crippen molar-refractivity contribution >= 4 is 0 Å². The van der Waals surface area contributed by atoms with E-state index in [0.29, 0.717) is 0 Å². The highest BCUT2D eigenvalue weighted by atomic mass is 16.5. The van der Waals surface area contributed by atoms with Crippen LogP contribution in [0.15, 0.2) is 18.2 Å². The molecule has 0 spiro atoms. The summed E-state index contributed by atoms with van der Waals surface area (Å²) in [5, 5.41) is 0. The fourth-order valence-electron chi connectivity index (χ4n) is 2.50. The first kappa shape index (κ1) is 13.2. The Morgan fingerprint density at radius 2 is 1.78 bits per heavy atom. The lowest BCUT2D eigenvalue weighted by molar-refractivity contribution is -1.01. The Morgan fingerprint density at radius 3 is 2.39 bits per heavy atom. The lowest BCUT2D eigenvalue weighted by atomic mass is 10.1. The zero-order valence-corrected chi connectivity index (χ0v) is 11.6. The lowest BCUT2D eigenvalue weighted by Gasteiger charge is -2.27. The monoisotopic (exact) mass is 252 g/mol. The Balaban J connectivity index is 2.07. The Bertz CT molecular complexity index is 387. The van der Waals surface area contributed by atoms with Crippen molar-refractivity contribution in [1.82, 2.24) is 0 Å². The van der Waals surface area contributed by atoms with Gasteiger partial charge in [-0.25, -0.2) is 0 Å². The highest BCUT2D eigenvalue weighted by Crippen LogP contribution is 2.23. The average Bonchev–Trinajstić information content (AvgIpc) is 2.41. The molecule has 0 saturated carbocycles. The Morgan fingerprint density at radius 1 is 1.06 bits per heavy atom. The summed E-state index contributed by atoms with van der Waals surface area (Å²) in [5.74, 6) is 1.87. The number of methoxy groups -OCH3 is 2. The minimum Gasteiger partial charge on any atom is -0.497 e. The smallest absolute Gasteiger partial charge is 0.127 e. The lowest BCUT2D eigenvalue weighted by Crippen LogP contribution is -3.26. The van der Waals surface area contributed by atoms with Gasteiger partial charge in [-0.2, -0.15) is 0 Å². The molecule has 100 valence electrons. The summed E-state index contributed by atoms with van der Waals surface area (Å²) in [5.41, 5.74) is 1.24. The van der Waals surface area contributed by atoms with E-state index >= 15 is 0 Å². The van der Waals surface area contributed by atoms with E-state index < -0.39 is 0 Å². The van der Waals surface area contributed by atoms with Gasteiger partial charge in [0.1, 0.15) is 44.2 Å². The molecule has 4 heteroatoms. The third-order valence-electron chi connectivity index (χ3n) is 3.74. The summed E-state index contributed by atoms with van der Waals surface area (Å²) in [6, 6.07) is 6.04. The van der Waals surface area contributed by atoms with E-state index in [9.17, 15) is 0 Å². The standard InChI is InChI=1S/C14H22N2O2/c1-15-6-8-16(9-7-15)11-12-10-13(17-2)4-5-14(12)18-3/h4-5,10H,6-9,11H2,1-3H3/p+2. The van der Waals surface area contributed by atoms with Gasteiger partial charge >= 0.3 is 0 Å². The van der Waals surface area contributed by atoms with Crippen LogP contribution in [0, 0.1) is 0 Å². The molecular weight excluding hydrogens is 228 g/mol. The maximum absolute atomic E-state index is 5.43. The van der Waals surface area contributed by atoms with Gasteiger partial charge in [0.05, 0.1) is 26.8 Å². The SMILES string of the molecule is COc1ccc(OC)c(C[NH+]2CC[NH+](C)CC2)c1. The van der Waals surface area contributed by atoms with Crippen molar-refractivity contribution in [2.45, 2.75) is 6.54 Å². The van der Waals surface area contributed by atoms with E-state index in [4.69, 9.17) is 9.47 Å². The van der Waals surface area contributed by atoms with Crippen molar-refractivity contribution in [2.24, 2.45) is 0 Å². The quantitative estimate of drug-likeness (QED) is 0.691. The van der Waals surface area contributed by atoms with Crippen LogP contribution in [0.4, 0.5) is 0 Å². The van der Waals surface area contributed by atoms with E-state index in [0.717, 1.165) is 18.0 Å². The van der Waals surface area contributed by atoms with Crippen molar-refractivity contribution in [3.05, 3.63) is 23.8 Å². The highest BCUT2D eigenvalue weighted by Gasteiger charge is 2.21. The second-order valence-corrected chi connectivity index (χ2v) is 5.06. The fourth-order valence-corrected chi connectivity index (χ4v) is 2.50. The van der Waals surface area contributed by atoms with E-state index in [1.807, 2.05) is 12.1 Å². The molecule has 0 atom stereocenters. The summed E-state index contributed by atoms with van der Waals surface area (Å²) in [4.78, 5) is 3.27. The van der Waals surface area contributed by atoms with Gasteiger partial charge in [0.15, 0.2) is 0 Å².